The van der Waals surface area contributed by atoms with Crippen molar-refractivity contribution in [2.75, 3.05) is 0 Å². The molecule has 2 heterocycles. The van der Waals surface area contributed by atoms with Gasteiger partial charge < -0.3 is 9.84 Å². The van der Waals surface area contributed by atoms with E-state index < -0.39 is 12.0 Å². The second-order valence-electron chi connectivity index (χ2n) is 7.66. The van der Waals surface area contributed by atoms with Crippen molar-refractivity contribution < 1.29 is 14.6 Å². The van der Waals surface area contributed by atoms with E-state index in [1.807, 2.05) is 30.3 Å². The summed E-state index contributed by atoms with van der Waals surface area (Å²) >= 11 is 4.56. The summed E-state index contributed by atoms with van der Waals surface area (Å²) in [5.41, 5.74) is 2.21. The van der Waals surface area contributed by atoms with Gasteiger partial charge in [-0.1, -0.05) is 47.7 Å². The Balaban J connectivity index is 1.93. The first-order valence-corrected chi connectivity index (χ1v) is 11.6. The standard InChI is InChI=1S/C24H21BrN2O4S/c1-13(2)31-23(30)20-14(3)26-24-27(21(20)16-7-5-4-6-8-16)22(29)19(32-24)12-15-9-10-18(28)17(25)11-15/h4-13,21,28H,1-3H3. The molecule has 0 fully saturated rings. The third-order valence-electron chi connectivity index (χ3n) is 4.97. The lowest BCUT2D eigenvalue weighted by Crippen LogP contribution is -2.40. The van der Waals surface area contributed by atoms with E-state index in [2.05, 4.69) is 20.9 Å². The van der Waals surface area contributed by atoms with E-state index in [-0.39, 0.29) is 17.4 Å². The second kappa shape index (κ2) is 8.88. The van der Waals surface area contributed by atoms with Crippen LogP contribution < -0.4 is 14.9 Å². The highest BCUT2D eigenvalue weighted by Crippen LogP contribution is 2.31. The molecule has 6 nitrogen and oxygen atoms in total. The molecule has 164 valence electrons. The largest absolute Gasteiger partial charge is 0.507 e. The van der Waals surface area contributed by atoms with E-state index in [1.165, 1.54) is 11.3 Å². The molecule has 1 unspecified atom stereocenters. The topological polar surface area (TPSA) is 80.9 Å². The van der Waals surface area contributed by atoms with Crippen LogP contribution in [-0.2, 0) is 9.53 Å². The minimum atomic E-state index is -0.632. The number of aromatic hydroxyl groups is 1. The van der Waals surface area contributed by atoms with E-state index in [0.717, 1.165) is 11.1 Å². The number of ether oxygens (including phenoxy) is 1. The zero-order valence-electron chi connectivity index (χ0n) is 17.7. The Bertz CT molecular complexity index is 1400. The predicted octanol–water partition coefficient (Wildman–Crippen LogP) is 3.65. The molecule has 2 aromatic carbocycles. The summed E-state index contributed by atoms with van der Waals surface area (Å²) in [6.07, 6.45) is 1.46. The van der Waals surface area contributed by atoms with Gasteiger partial charge in [-0.25, -0.2) is 9.79 Å². The number of fused-ring (bicyclic) bond motifs is 1. The van der Waals surface area contributed by atoms with Gasteiger partial charge in [0.15, 0.2) is 4.80 Å². The van der Waals surface area contributed by atoms with E-state index in [4.69, 9.17) is 4.74 Å². The van der Waals surface area contributed by atoms with Crippen LogP contribution >= 0.6 is 27.3 Å². The first-order chi connectivity index (χ1) is 15.3. The molecule has 1 aliphatic heterocycles. The Labute approximate surface area is 197 Å². The lowest BCUT2D eigenvalue weighted by molar-refractivity contribution is -0.143. The number of benzene rings is 2. The maximum atomic E-state index is 13.5. The van der Waals surface area contributed by atoms with Crippen LogP contribution in [0.2, 0.25) is 0 Å². The Hall–Kier alpha value is -2.97. The fourth-order valence-electron chi connectivity index (χ4n) is 3.58. The van der Waals surface area contributed by atoms with Gasteiger partial charge >= 0.3 is 5.97 Å². The quantitative estimate of drug-likeness (QED) is 0.541. The van der Waals surface area contributed by atoms with Crippen LogP contribution in [0.1, 0.15) is 37.9 Å². The molecule has 32 heavy (non-hydrogen) atoms. The number of allylic oxidation sites excluding steroid dienone is 1. The maximum absolute atomic E-state index is 13.5. The molecule has 8 heteroatoms. The number of carbonyl (C=O) groups is 1. The van der Waals surface area contributed by atoms with E-state index in [1.54, 1.807) is 49.6 Å². The Morgan fingerprint density at radius 1 is 1.25 bits per heavy atom. The fourth-order valence-corrected chi connectivity index (χ4v) is 5.02. The number of phenolic OH excluding ortho intramolecular Hbond substituents is 1. The van der Waals surface area contributed by atoms with Gasteiger partial charge in [-0.3, -0.25) is 9.36 Å². The van der Waals surface area contributed by atoms with E-state index in [0.29, 0.717) is 25.1 Å². The lowest BCUT2D eigenvalue weighted by atomic mass is 9.96. The molecular formula is C24H21BrN2O4S. The summed E-state index contributed by atoms with van der Waals surface area (Å²) < 4.78 is 8.07. The molecule has 0 bridgehead atoms. The SMILES string of the molecule is CC1=C(C(=O)OC(C)C)C(c2ccccc2)n2c(sc(=Cc3ccc(O)c(Br)c3)c2=O)=N1. The van der Waals surface area contributed by atoms with Crippen molar-refractivity contribution >= 4 is 39.3 Å². The predicted molar refractivity (Wildman–Crippen MR) is 127 cm³/mol. The number of halogens is 1. The third kappa shape index (κ3) is 4.20. The van der Waals surface area contributed by atoms with Crippen molar-refractivity contribution in [3.63, 3.8) is 0 Å². The number of hydrogen-bond donors (Lipinski definition) is 1. The van der Waals surface area contributed by atoms with Crippen molar-refractivity contribution in [1.29, 1.82) is 0 Å². The molecule has 4 rings (SSSR count). The van der Waals surface area contributed by atoms with Crippen molar-refractivity contribution in [1.82, 2.24) is 4.57 Å². The molecule has 3 aromatic rings. The van der Waals surface area contributed by atoms with Gasteiger partial charge in [0.25, 0.3) is 5.56 Å². The number of esters is 1. The monoisotopic (exact) mass is 512 g/mol. The van der Waals surface area contributed by atoms with Gasteiger partial charge in [-0.2, -0.15) is 0 Å². The summed E-state index contributed by atoms with van der Waals surface area (Å²) in [7, 11) is 0. The number of thiazole rings is 1. The normalized spacial score (nSPS) is 16.2. The average Bonchev–Trinajstić information content (AvgIpc) is 3.04. The van der Waals surface area contributed by atoms with Gasteiger partial charge in [0.2, 0.25) is 0 Å². The van der Waals surface area contributed by atoms with Crippen LogP contribution in [0.5, 0.6) is 5.75 Å². The van der Waals surface area contributed by atoms with Gasteiger partial charge in [0, 0.05) is 0 Å². The Kier molecular flexibility index (Phi) is 6.17. The molecule has 0 saturated heterocycles. The summed E-state index contributed by atoms with van der Waals surface area (Å²) in [5.74, 6) is -0.358. The minimum Gasteiger partial charge on any atom is -0.507 e. The van der Waals surface area contributed by atoms with Gasteiger partial charge in [-0.15, -0.1) is 0 Å². The highest BCUT2D eigenvalue weighted by Gasteiger charge is 2.33. The van der Waals surface area contributed by atoms with Crippen LogP contribution in [-0.4, -0.2) is 21.7 Å². The molecule has 0 spiro atoms. The first kappa shape index (κ1) is 22.2. The molecule has 0 saturated carbocycles. The highest BCUT2D eigenvalue weighted by molar-refractivity contribution is 9.10. The van der Waals surface area contributed by atoms with Crippen LogP contribution in [0.3, 0.4) is 0 Å². The first-order valence-electron chi connectivity index (χ1n) is 10.0. The lowest BCUT2D eigenvalue weighted by Gasteiger charge is -2.25. The van der Waals surface area contributed by atoms with Gasteiger partial charge in [-0.05, 0) is 66.0 Å². The third-order valence-corrected chi connectivity index (χ3v) is 6.59. The minimum absolute atomic E-state index is 0.122. The highest BCUT2D eigenvalue weighted by atomic mass is 79.9. The second-order valence-corrected chi connectivity index (χ2v) is 9.52. The van der Waals surface area contributed by atoms with Crippen molar-refractivity contribution in [2.45, 2.75) is 32.9 Å². The van der Waals surface area contributed by atoms with Crippen LogP contribution in [0.25, 0.3) is 6.08 Å². The zero-order chi connectivity index (χ0) is 23.0. The van der Waals surface area contributed by atoms with Gasteiger partial charge in [0.1, 0.15) is 5.75 Å². The molecule has 1 atom stereocenters. The number of carbonyl (C=O) groups excluding carboxylic acids is 1. The number of rotatable bonds is 4. The number of nitrogens with zero attached hydrogens (tertiary/aromatic N) is 2. The molecular weight excluding hydrogens is 492 g/mol. The summed E-state index contributed by atoms with van der Waals surface area (Å²) in [4.78, 5) is 31.6. The molecule has 0 aliphatic carbocycles. The summed E-state index contributed by atoms with van der Waals surface area (Å²) in [5, 5.41) is 9.74. The van der Waals surface area contributed by atoms with E-state index >= 15 is 0 Å². The molecule has 1 N–H and O–H groups in total. The van der Waals surface area contributed by atoms with E-state index in [9.17, 15) is 14.7 Å². The van der Waals surface area contributed by atoms with Crippen molar-refractivity contribution in [3.05, 3.63) is 95.1 Å². The fraction of sp³-hybridized carbons (Fsp3) is 0.208. The Morgan fingerprint density at radius 3 is 2.62 bits per heavy atom. The number of aromatic nitrogens is 1. The Morgan fingerprint density at radius 2 is 1.97 bits per heavy atom. The summed E-state index contributed by atoms with van der Waals surface area (Å²) in [6, 6.07) is 13.8. The summed E-state index contributed by atoms with van der Waals surface area (Å²) in [6.45, 7) is 5.34. The molecule has 0 radical (unpaired) electrons. The van der Waals surface area contributed by atoms with Crippen LogP contribution in [0.15, 0.2) is 74.1 Å². The number of hydrogen-bond acceptors (Lipinski definition) is 6. The molecule has 1 aliphatic rings. The molecule has 0 amide bonds. The van der Waals surface area contributed by atoms with Crippen LogP contribution in [0.4, 0.5) is 0 Å². The van der Waals surface area contributed by atoms with Gasteiger partial charge in [0.05, 0.1) is 32.4 Å². The molecule has 1 aromatic heterocycles. The smallest absolute Gasteiger partial charge is 0.338 e. The van der Waals surface area contributed by atoms with Crippen LogP contribution in [0, 0.1) is 0 Å². The van der Waals surface area contributed by atoms with Crippen molar-refractivity contribution in [2.24, 2.45) is 4.99 Å². The zero-order valence-corrected chi connectivity index (χ0v) is 20.1. The average molecular weight is 513 g/mol. The van der Waals surface area contributed by atoms with Crippen molar-refractivity contribution in [3.8, 4) is 5.75 Å². The maximum Gasteiger partial charge on any atom is 0.338 e. The number of phenols is 1.